The van der Waals surface area contributed by atoms with Gasteiger partial charge in [-0.3, -0.25) is 4.79 Å². The van der Waals surface area contributed by atoms with Crippen molar-refractivity contribution < 1.29 is 19.8 Å². The Bertz CT molecular complexity index is 488. The molecule has 0 aromatic heterocycles. The molecule has 1 amide bonds. The maximum atomic E-state index is 12.2. The number of rotatable bonds is 3. The largest absolute Gasteiger partial charge is 0.508 e. The van der Waals surface area contributed by atoms with E-state index in [1.807, 2.05) is 6.92 Å². The first-order chi connectivity index (χ1) is 8.99. The number of carbonyl (C=O) groups is 2. The normalized spacial score (nSPS) is 22.5. The third-order valence-electron chi connectivity index (χ3n) is 3.09. The van der Waals surface area contributed by atoms with Gasteiger partial charge in [-0.2, -0.15) is 0 Å². The van der Waals surface area contributed by atoms with Crippen LogP contribution in [0.2, 0.25) is 0 Å². The van der Waals surface area contributed by atoms with Crippen molar-refractivity contribution in [2.45, 2.75) is 24.8 Å². The molecule has 2 unspecified atom stereocenters. The molecule has 1 aliphatic heterocycles. The van der Waals surface area contributed by atoms with E-state index in [1.165, 1.54) is 28.8 Å². The fourth-order valence-electron chi connectivity index (χ4n) is 2.09. The summed E-state index contributed by atoms with van der Waals surface area (Å²) in [5, 5.41) is 18.2. The van der Waals surface area contributed by atoms with Gasteiger partial charge in [0, 0.05) is 5.75 Å². The summed E-state index contributed by atoms with van der Waals surface area (Å²) in [5.41, 5.74) is 0.760. The molecule has 1 fully saturated rings. The Kier molecular flexibility index (Phi) is 3.99. The number of phenolic OH excluding ortho intramolecular Hbond substituents is 1. The number of hydrogen-bond donors (Lipinski definition) is 2. The van der Waals surface area contributed by atoms with Crippen LogP contribution in [-0.4, -0.2) is 44.2 Å². The Morgan fingerprint density at radius 2 is 2.00 bits per heavy atom. The zero-order valence-electron chi connectivity index (χ0n) is 10.4. The van der Waals surface area contributed by atoms with Gasteiger partial charge in [0.15, 0.2) is 0 Å². The highest BCUT2D eigenvalue weighted by Gasteiger charge is 2.39. The van der Waals surface area contributed by atoms with Crippen LogP contribution in [0.3, 0.4) is 0 Å². The second kappa shape index (κ2) is 5.52. The van der Waals surface area contributed by atoms with Crippen LogP contribution in [0.25, 0.3) is 0 Å². The van der Waals surface area contributed by atoms with Crippen molar-refractivity contribution in [3.05, 3.63) is 29.8 Å². The van der Waals surface area contributed by atoms with E-state index < -0.39 is 12.0 Å². The van der Waals surface area contributed by atoms with Gasteiger partial charge in [0.25, 0.3) is 0 Å². The maximum Gasteiger partial charge on any atom is 0.327 e. The Labute approximate surface area is 115 Å². The Hall–Kier alpha value is -1.69. The van der Waals surface area contributed by atoms with Crippen LogP contribution in [0.1, 0.15) is 12.5 Å². The molecule has 1 heterocycles. The van der Waals surface area contributed by atoms with E-state index in [-0.39, 0.29) is 23.5 Å². The number of hydrogen-bond acceptors (Lipinski definition) is 4. The topological polar surface area (TPSA) is 77.8 Å². The van der Waals surface area contributed by atoms with Crippen molar-refractivity contribution in [2.75, 3.05) is 5.75 Å². The molecule has 1 aliphatic rings. The second-order valence-electron chi connectivity index (χ2n) is 4.43. The second-order valence-corrected chi connectivity index (χ2v) is 5.78. The van der Waals surface area contributed by atoms with Crippen molar-refractivity contribution in [1.29, 1.82) is 0 Å². The molecule has 6 heteroatoms. The minimum Gasteiger partial charge on any atom is -0.508 e. The van der Waals surface area contributed by atoms with E-state index in [0.717, 1.165) is 5.56 Å². The average molecular weight is 281 g/mol. The van der Waals surface area contributed by atoms with Gasteiger partial charge in [0.1, 0.15) is 11.8 Å². The molecule has 1 saturated heterocycles. The molecule has 0 bridgehead atoms. The number of carbonyl (C=O) groups excluding carboxylic acids is 1. The Balaban J connectivity index is 2.10. The average Bonchev–Trinajstić information content (AvgIpc) is 2.74. The number of aromatic hydroxyl groups is 1. The highest BCUT2D eigenvalue weighted by Crippen LogP contribution is 2.29. The SMILES string of the molecule is CC1SCC(C(=O)O)N1C(=O)Cc1ccc(O)cc1. The monoisotopic (exact) mass is 281 g/mol. The minimum atomic E-state index is -0.962. The number of amides is 1. The zero-order valence-corrected chi connectivity index (χ0v) is 11.3. The van der Waals surface area contributed by atoms with Crippen molar-refractivity contribution in [3.8, 4) is 5.75 Å². The van der Waals surface area contributed by atoms with Crippen LogP contribution < -0.4 is 0 Å². The number of benzene rings is 1. The van der Waals surface area contributed by atoms with Gasteiger partial charge in [-0.05, 0) is 24.6 Å². The first-order valence-corrected chi connectivity index (χ1v) is 6.97. The van der Waals surface area contributed by atoms with Gasteiger partial charge in [-0.15, -0.1) is 11.8 Å². The number of thioether (sulfide) groups is 1. The molecule has 1 aromatic carbocycles. The molecule has 5 nitrogen and oxygen atoms in total. The lowest BCUT2D eigenvalue weighted by atomic mass is 10.1. The highest BCUT2D eigenvalue weighted by molar-refractivity contribution is 8.00. The van der Waals surface area contributed by atoms with Crippen molar-refractivity contribution in [1.82, 2.24) is 4.90 Å². The first-order valence-electron chi connectivity index (χ1n) is 5.92. The molecular formula is C13H15NO4S. The maximum absolute atomic E-state index is 12.2. The van der Waals surface area contributed by atoms with Gasteiger partial charge in [0.05, 0.1) is 11.8 Å². The summed E-state index contributed by atoms with van der Waals surface area (Å²) in [6, 6.07) is 5.61. The van der Waals surface area contributed by atoms with Crippen LogP contribution in [0.4, 0.5) is 0 Å². The van der Waals surface area contributed by atoms with Crippen LogP contribution in [0.15, 0.2) is 24.3 Å². The molecular weight excluding hydrogens is 266 g/mol. The summed E-state index contributed by atoms with van der Waals surface area (Å²) < 4.78 is 0. The quantitative estimate of drug-likeness (QED) is 0.873. The van der Waals surface area contributed by atoms with Gasteiger partial charge < -0.3 is 15.1 Å². The summed E-state index contributed by atoms with van der Waals surface area (Å²) in [5.74, 6) is -0.589. The van der Waals surface area contributed by atoms with Crippen LogP contribution in [-0.2, 0) is 16.0 Å². The summed E-state index contributed by atoms with van der Waals surface area (Å²) in [4.78, 5) is 24.8. The van der Waals surface area contributed by atoms with Crippen molar-refractivity contribution in [3.63, 3.8) is 0 Å². The summed E-state index contributed by atoms with van der Waals surface area (Å²) in [6.45, 7) is 1.84. The number of carboxylic acid groups (broad SMARTS) is 1. The van der Waals surface area contributed by atoms with Gasteiger partial charge in [-0.1, -0.05) is 12.1 Å². The summed E-state index contributed by atoms with van der Waals surface area (Å²) >= 11 is 1.47. The van der Waals surface area contributed by atoms with E-state index in [0.29, 0.717) is 5.75 Å². The van der Waals surface area contributed by atoms with E-state index in [2.05, 4.69) is 0 Å². The van der Waals surface area contributed by atoms with Gasteiger partial charge in [-0.25, -0.2) is 4.79 Å². The fraction of sp³-hybridized carbons (Fsp3) is 0.385. The molecule has 19 heavy (non-hydrogen) atoms. The number of carboxylic acids is 1. The van der Waals surface area contributed by atoms with Gasteiger partial charge in [0.2, 0.25) is 5.91 Å². The van der Waals surface area contributed by atoms with E-state index in [4.69, 9.17) is 5.11 Å². The lowest BCUT2D eigenvalue weighted by Crippen LogP contribution is -2.45. The number of nitrogens with zero attached hydrogens (tertiary/aromatic N) is 1. The van der Waals surface area contributed by atoms with Crippen LogP contribution in [0, 0.1) is 0 Å². The first kappa shape index (κ1) is 13.7. The molecule has 0 aliphatic carbocycles. The van der Waals surface area contributed by atoms with Gasteiger partial charge >= 0.3 is 5.97 Å². The van der Waals surface area contributed by atoms with E-state index >= 15 is 0 Å². The standard InChI is InChI=1S/C13H15NO4S/c1-8-14(11(7-19-8)13(17)18)12(16)6-9-2-4-10(15)5-3-9/h2-5,8,11,15H,6-7H2,1H3,(H,17,18). The fourth-order valence-corrected chi connectivity index (χ4v) is 3.28. The molecule has 1 aromatic rings. The smallest absolute Gasteiger partial charge is 0.327 e. The third kappa shape index (κ3) is 3.01. The predicted molar refractivity (Wildman–Crippen MR) is 72.0 cm³/mol. The molecule has 0 radical (unpaired) electrons. The van der Waals surface area contributed by atoms with Crippen molar-refractivity contribution in [2.24, 2.45) is 0 Å². The van der Waals surface area contributed by atoms with Crippen molar-refractivity contribution >= 4 is 23.6 Å². The Morgan fingerprint density at radius 1 is 1.37 bits per heavy atom. The van der Waals surface area contributed by atoms with Crippen LogP contribution in [0.5, 0.6) is 5.75 Å². The molecule has 0 saturated carbocycles. The molecule has 102 valence electrons. The third-order valence-corrected chi connectivity index (χ3v) is 4.31. The molecule has 2 atom stereocenters. The molecule has 0 spiro atoms. The lowest BCUT2D eigenvalue weighted by Gasteiger charge is -2.25. The van der Waals surface area contributed by atoms with E-state index in [9.17, 15) is 14.7 Å². The lowest BCUT2D eigenvalue weighted by molar-refractivity contribution is -0.148. The Morgan fingerprint density at radius 3 is 2.58 bits per heavy atom. The zero-order chi connectivity index (χ0) is 14.0. The number of aliphatic carboxylic acids is 1. The summed E-state index contributed by atoms with van der Waals surface area (Å²) in [6.07, 6.45) is 0.148. The molecule has 2 rings (SSSR count). The molecule has 2 N–H and O–H groups in total. The predicted octanol–water partition coefficient (Wildman–Crippen LogP) is 1.31. The minimum absolute atomic E-state index is 0.120. The highest BCUT2D eigenvalue weighted by atomic mass is 32.2. The van der Waals surface area contributed by atoms with E-state index in [1.54, 1.807) is 12.1 Å². The summed E-state index contributed by atoms with van der Waals surface area (Å²) in [7, 11) is 0. The van der Waals surface area contributed by atoms with Crippen LogP contribution >= 0.6 is 11.8 Å². The number of phenols is 1.